The zero-order chi connectivity index (χ0) is 15.3. The van der Waals surface area contributed by atoms with Crippen LogP contribution in [0.15, 0.2) is 24.3 Å². The zero-order valence-electron chi connectivity index (χ0n) is 12.5. The number of methoxy groups -OCH3 is 1. The van der Waals surface area contributed by atoms with Crippen LogP contribution < -0.4 is 9.46 Å². The van der Waals surface area contributed by atoms with E-state index in [9.17, 15) is 8.42 Å². The van der Waals surface area contributed by atoms with Crippen molar-refractivity contribution in [1.29, 1.82) is 0 Å². The van der Waals surface area contributed by atoms with Crippen LogP contribution in [0.25, 0.3) is 0 Å². The summed E-state index contributed by atoms with van der Waals surface area (Å²) in [4.78, 5) is 0. The van der Waals surface area contributed by atoms with Crippen molar-refractivity contribution < 1.29 is 17.9 Å². The molecule has 1 atom stereocenters. The lowest BCUT2D eigenvalue weighted by Gasteiger charge is -2.14. The third kappa shape index (κ3) is 5.21. The number of hydrogen-bond acceptors (Lipinski definition) is 4. The van der Waals surface area contributed by atoms with Crippen molar-refractivity contribution in [2.24, 2.45) is 0 Å². The van der Waals surface area contributed by atoms with Gasteiger partial charge in [-0.1, -0.05) is 0 Å². The van der Waals surface area contributed by atoms with E-state index >= 15 is 0 Å². The van der Waals surface area contributed by atoms with Gasteiger partial charge >= 0.3 is 0 Å². The van der Waals surface area contributed by atoms with Gasteiger partial charge in [-0.3, -0.25) is 4.72 Å². The fraction of sp³-hybridized carbons (Fsp3) is 0.600. The normalized spacial score (nSPS) is 17.6. The summed E-state index contributed by atoms with van der Waals surface area (Å²) in [7, 11) is -1.90. The minimum absolute atomic E-state index is 0.0656. The van der Waals surface area contributed by atoms with Crippen LogP contribution in [0.3, 0.4) is 0 Å². The Hall–Kier alpha value is -1.27. The highest BCUT2D eigenvalue weighted by Crippen LogP contribution is 2.25. The number of benzene rings is 1. The molecule has 1 aliphatic rings. The van der Waals surface area contributed by atoms with Crippen LogP contribution in [-0.2, 0) is 14.8 Å². The van der Waals surface area contributed by atoms with Crippen LogP contribution in [-0.4, -0.2) is 33.5 Å². The topological polar surface area (TPSA) is 64.6 Å². The highest BCUT2D eigenvalue weighted by Gasteiger charge is 2.17. The molecule has 0 aromatic heterocycles. The smallest absolute Gasteiger partial charge is 0.235 e. The number of hydrogen-bond donors (Lipinski definition) is 1. The van der Waals surface area contributed by atoms with E-state index in [2.05, 4.69) is 4.72 Å². The van der Waals surface area contributed by atoms with Gasteiger partial charge in [-0.2, -0.15) is 0 Å². The molecule has 0 saturated heterocycles. The average Bonchev–Trinajstić information content (AvgIpc) is 2.93. The Kier molecular flexibility index (Phi) is 5.47. The summed E-state index contributed by atoms with van der Waals surface area (Å²) in [6.07, 6.45) is 4.61. The fourth-order valence-electron chi connectivity index (χ4n) is 2.40. The first-order chi connectivity index (χ1) is 9.98. The van der Waals surface area contributed by atoms with Gasteiger partial charge in [-0.25, -0.2) is 8.42 Å². The Labute approximate surface area is 126 Å². The molecular formula is C15H23NO4S. The Morgan fingerprint density at radius 1 is 1.24 bits per heavy atom. The van der Waals surface area contributed by atoms with Crippen LogP contribution in [0.1, 0.15) is 32.6 Å². The van der Waals surface area contributed by atoms with Gasteiger partial charge in [0.05, 0.1) is 18.0 Å². The lowest BCUT2D eigenvalue weighted by Crippen LogP contribution is -2.25. The number of ether oxygens (including phenoxy) is 2. The van der Waals surface area contributed by atoms with Crippen LogP contribution in [0.4, 0.5) is 5.69 Å². The third-order valence-electron chi connectivity index (χ3n) is 3.59. The molecule has 1 aromatic rings. The van der Waals surface area contributed by atoms with Gasteiger partial charge < -0.3 is 9.47 Å². The average molecular weight is 313 g/mol. The maximum Gasteiger partial charge on any atom is 0.235 e. The van der Waals surface area contributed by atoms with Crippen LogP contribution >= 0.6 is 0 Å². The molecule has 0 radical (unpaired) electrons. The summed E-state index contributed by atoms with van der Waals surface area (Å²) >= 11 is 0. The van der Waals surface area contributed by atoms with Gasteiger partial charge in [0.2, 0.25) is 10.0 Å². The Balaban J connectivity index is 1.92. The molecule has 6 heteroatoms. The Bertz CT molecular complexity index is 535. The van der Waals surface area contributed by atoms with Crippen molar-refractivity contribution in [1.82, 2.24) is 0 Å². The minimum Gasteiger partial charge on any atom is -0.490 e. The van der Waals surface area contributed by atoms with Crippen molar-refractivity contribution in [3.8, 4) is 5.75 Å². The third-order valence-corrected chi connectivity index (χ3v) is 5.04. The molecule has 0 aliphatic heterocycles. The first kappa shape index (κ1) is 16.1. The monoisotopic (exact) mass is 313 g/mol. The maximum absolute atomic E-state index is 11.9. The molecule has 1 fully saturated rings. The fourth-order valence-corrected chi connectivity index (χ4v) is 3.73. The summed E-state index contributed by atoms with van der Waals surface area (Å²) in [6.45, 7) is 1.72. The van der Waals surface area contributed by atoms with Crippen molar-refractivity contribution in [3.63, 3.8) is 0 Å². The zero-order valence-corrected chi connectivity index (χ0v) is 13.4. The van der Waals surface area contributed by atoms with E-state index < -0.39 is 10.0 Å². The largest absolute Gasteiger partial charge is 0.490 e. The van der Waals surface area contributed by atoms with E-state index in [1.807, 2.05) is 0 Å². The first-order valence-corrected chi connectivity index (χ1v) is 8.94. The molecule has 0 unspecified atom stereocenters. The molecule has 118 valence electrons. The van der Waals surface area contributed by atoms with Gasteiger partial charge in [-0.15, -0.1) is 0 Å². The van der Waals surface area contributed by atoms with Crippen LogP contribution in [0, 0.1) is 0 Å². The number of sulfonamides is 1. The summed E-state index contributed by atoms with van der Waals surface area (Å²) in [6, 6.07) is 7.05. The molecule has 0 heterocycles. The Morgan fingerprint density at radius 3 is 2.43 bits per heavy atom. The standard InChI is InChI=1S/C15H23NO4S/c1-12(19-2)11-21(17,18)16-13-7-9-15(10-8-13)20-14-5-3-4-6-14/h7-10,12,14,16H,3-6,11H2,1-2H3/t12-/m1/s1. The second kappa shape index (κ2) is 7.13. The second-order valence-electron chi connectivity index (χ2n) is 5.48. The van der Waals surface area contributed by atoms with E-state index in [-0.39, 0.29) is 11.9 Å². The van der Waals surface area contributed by atoms with E-state index in [0.29, 0.717) is 11.8 Å². The minimum atomic E-state index is -3.40. The molecule has 0 bridgehead atoms. The Morgan fingerprint density at radius 2 is 1.86 bits per heavy atom. The molecule has 0 spiro atoms. The highest BCUT2D eigenvalue weighted by atomic mass is 32.2. The quantitative estimate of drug-likeness (QED) is 0.840. The summed E-state index contributed by atoms with van der Waals surface area (Å²) < 4.78 is 37.2. The molecule has 5 nitrogen and oxygen atoms in total. The molecule has 1 aliphatic carbocycles. The van der Waals surface area contributed by atoms with Crippen molar-refractivity contribution >= 4 is 15.7 Å². The van der Waals surface area contributed by atoms with E-state index in [4.69, 9.17) is 9.47 Å². The molecule has 0 amide bonds. The van der Waals surface area contributed by atoms with Gasteiger partial charge in [0, 0.05) is 12.8 Å². The van der Waals surface area contributed by atoms with Crippen LogP contribution in [0.5, 0.6) is 5.75 Å². The highest BCUT2D eigenvalue weighted by molar-refractivity contribution is 7.92. The van der Waals surface area contributed by atoms with Gasteiger partial charge in [0.25, 0.3) is 0 Å². The lowest BCUT2D eigenvalue weighted by atomic mass is 10.3. The van der Waals surface area contributed by atoms with Crippen molar-refractivity contribution in [2.45, 2.75) is 44.8 Å². The predicted molar refractivity (Wildman–Crippen MR) is 83.2 cm³/mol. The predicted octanol–water partition coefficient (Wildman–Crippen LogP) is 2.78. The molecule has 1 saturated carbocycles. The summed E-state index contributed by atoms with van der Waals surface area (Å²) in [5, 5.41) is 0. The number of anilines is 1. The second-order valence-corrected chi connectivity index (χ2v) is 7.25. The maximum atomic E-state index is 11.9. The summed E-state index contributed by atoms with van der Waals surface area (Å²) in [5.41, 5.74) is 0.539. The van der Waals surface area contributed by atoms with E-state index in [1.54, 1.807) is 31.2 Å². The van der Waals surface area contributed by atoms with Crippen LogP contribution in [0.2, 0.25) is 0 Å². The van der Waals surface area contributed by atoms with Crippen molar-refractivity contribution in [3.05, 3.63) is 24.3 Å². The van der Waals surface area contributed by atoms with Gasteiger partial charge in [-0.05, 0) is 56.9 Å². The van der Waals surface area contributed by atoms with E-state index in [1.165, 1.54) is 20.0 Å². The molecule has 2 rings (SSSR count). The number of nitrogens with one attached hydrogen (secondary N) is 1. The molecule has 1 aromatic carbocycles. The molecule has 1 N–H and O–H groups in total. The SMILES string of the molecule is CO[C@H](C)CS(=O)(=O)Nc1ccc(OC2CCCC2)cc1. The van der Waals surface area contributed by atoms with Crippen molar-refractivity contribution in [2.75, 3.05) is 17.6 Å². The van der Waals surface area contributed by atoms with E-state index in [0.717, 1.165) is 18.6 Å². The molecule has 21 heavy (non-hydrogen) atoms. The molecular weight excluding hydrogens is 290 g/mol. The lowest BCUT2D eigenvalue weighted by molar-refractivity contribution is 0.136. The number of rotatable bonds is 7. The first-order valence-electron chi connectivity index (χ1n) is 7.28. The van der Waals surface area contributed by atoms with Gasteiger partial charge in [0.15, 0.2) is 0 Å². The van der Waals surface area contributed by atoms with Gasteiger partial charge in [0.1, 0.15) is 5.75 Å². The summed E-state index contributed by atoms with van der Waals surface area (Å²) in [5.74, 6) is 0.721.